The molecular formula is C22H29N5O2. The first-order valence-electron chi connectivity index (χ1n) is 10.9. The molecule has 2 saturated heterocycles. The van der Waals surface area contributed by atoms with Gasteiger partial charge in [-0.2, -0.15) is 0 Å². The van der Waals surface area contributed by atoms with Crippen LogP contribution in [0.5, 0.6) is 0 Å². The second-order valence-electron chi connectivity index (χ2n) is 8.81. The number of H-pyrrole nitrogens is 1. The number of carbonyl (C=O) groups excluding carboxylic acids is 1. The molecule has 1 amide bonds. The second-order valence-corrected chi connectivity index (χ2v) is 8.81. The van der Waals surface area contributed by atoms with Gasteiger partial charge in [0.05, 0.1) is 12.1 Å². The Morgan fingerprint density at radius 1 is 1.10 bits per heavy atom. The molecule has 5 rings (SSSR count). The number of fused-ring (bicyclic) bond motifs is 4. The van der Waals surface area contributed by atoms with Crippen molar-refractivity contribution in [2.75, 3.05) is 32.7 Å². The predicted octanol–water partition coefficient (Wildman–Crippen LogP) is 2.06. The number of aromatic amines is 1. The van der Waals surface area contributed by atoms with Crippen molar-refractivity contribution in [1.82, 2.24) is 24.3 Å². The van der Waals surface area contributed by atoms with Gasteiger partial charge in [-0.25, -0.2) is 4.98 Å². The third-order valence-corrected chi connectivity index (χ3v) is 6.77. The number of nitrogens with zero attached hydrogens (tertiary/aromatic N) is 4. The van der Waals surface area contributed by atoms with Crippen molar-refractivity contribution in [2.45, 2.75) is 44.6 Å². The van der Waals surface area contributed by atoms with Crippen molar-refractivity contribution < 1.29 is 4.79 Å². The lowest BCUT2D eigenvalue weighted by molar-refractivity contribution is -0.135. The molecule has 3 aliphatic heterocycles. The van der Waals surface area contributed by atoms with Crippen molar-refractivity contribution in [3.05, 3.63) is 40.6 Å². The van der Waals surface area contributed by atoms with E-state index in [0.29, 0.717) is 30.4 Å². The van der Waals surface area contributed by atoms with Gasteiger partial charge < -0.3 is 14.5 Å². The summed E-state index contributed by atoms with van der Waals surface area (Å²) in [6, 6.07) is 3.94. The Morgan fingerprint density at radius 3 is 2.69 bits per heavy atom. The molecule has 2 aromatic rings. The van der Waals surface area contributed by atoms with Gasteiger partial charge >= 0.3 is 0 Å². The zero-order chi connectivity index (χ0) is 19.8. The SMILES string of the molecule is O=C(CN1CCCCCC1)N1C[C@@H]2C[C@H](C1)c1ccc(-c3ncc[nH]3)c(=O)n1C2. The minimum absolute atomic E-state index is 0.0245. The molecule has 0 aliphatic carbocycles. The molecule has 0 radical (unpaired) electrons. The number of likely N-dealkylation sites (tertiary alicyclic amines) is 2. The molecule has 7 nitrogen and oxygen atoms in total. The largest absolute Gasteiger partial charge is 0.344 e. The quantitative estimate of drug-likeness (QED) is 0.863. The topological polar surface area (TPSA) is 74.2 Å². The van der Waals surface area contributed by atoms with Crippen molar-refractivity contribution in [3.63, 3.8) is 0 Å². The van der Waals surface area contributed by atoms with E-state index in [9.17, 15) is 9.59 Å². The lowest BCUT2D eigenvalue weighted by Crippen LogP contribution is -2.51. The van der Waals surface area contributed by atoms with Gasteiger partial charge in [-0.05, 0) is 50.4 Å². The van der Waals surface area contributed by atoms with Crippen LogP contribution in [0.15, 0.2) is 29.3 Å². The van der Waals surface area contributed by atoms with Crippen molar-refractivity contribution in [1.29, 1.82) is 0 Å². The van der Waals surface area contributed by atoms with E-state index < -0.39 is 0 Å². The third kappa shape index (κ3) is 3.64. The summed E-state index contributed by atoms with van der Waals surface area (Å²) in [5.74, 6) is 1.47. The smallest absolute Gasteiger partial charge is 0.261 e. The number of nitrogens with one attached hydrogen (secondary N) is 1. The van der Waals surface area contributed by atoms with Gasteiger partial charge in [0.15, 0.2) is 0 Å². The van der Waals surface area contributed by atoms with Gasteiger partial charge in [0, 0.05) is 43.6 Å². The van der Waals surface area contributed by atoms with Crippen LogP contribution in [0, 0.1) is 5.92 Å². The van der Waals surface area contributed by atoms with Crippen LogP contribution in [0.2, 0.25) is 0 Å². The first-order valence-corrected chi connectivity index (χ1v) is 10.9. The van der Waals surface area contributed by atoms with Gasteiger partial charge in [0.1, 0.15) is 5.82 Å². The standard InChI is InChI=1S/C22H29N5O2/c28-20(15-25-9-3-1-2-4-10-25)26-12-16-11-17(14-26)19-6-5-18(21-23-7-8-24-21)22(29)27(19)13-16/h5-8,16-17H,1-4,9-15H2,(H,23,24)/t16-,17+/m0/s1. The number of imidazole rings is 1. The Bertz CT molecular complexity index is 927. The summed E-state index contributed by atoms with van der Waals surface area (Å²) in [6.45, 7) is 4.81. The lowest BCUT2D eigenvalue weighted by Gasteiger charge is -2.43. The maximum atomic E-state index is 13.1. The molecule has 0 saturated carbocycles. The monoisotopic (exact) mass is 395 g/mol. The molecule has 2 aromatic heterocycles. The Labute approximate surface area is 170 Å². The molecule has 2 bridgehead atoms. The summed E-state index contributed by atoms with van der Waals surface area (Å²) < 4.78 is 1.92. The van der Waals surface area contributed by atoms with Crippen LogP contribution in [0.4, 0.5) is 0 Å². The molecule has 0 aromatic carbocycles. The molecular weight excluding hydrogens is 366 g/mol. The molecule has 3 aliphatic rings. The Kier molecular flexibility index (Phi) is 4.99. The number of hydrogen-bond acceptors (Lipinski definition) is 4. The molecule has 0 unspecified atom stereocenters. The molecule has 5 heterocycles. The van der Waals surface area contributed by atoms with E-state index in [1.165, 1.54) is 25.7 Å². The minimum Gasteiger partial charge on any atom is -0.344 e. The van der Waals surface area contributed by atoms with Crippen LogP contribution in [0.1, 0.15) is 43.7 Å². The molecule has 2 fully saturated rings. The third-order valence-electron chi connectivity index (χ3n) is 6.77. The lowest BCUT2D eigenvalue weighted by atomic mass is 9.83. The van der Waals surface area contributed by atoms with Crippen molar-refractivity contribution in [2.24, 2.45) is 5.92 Å². The van der Waals surface area contributed by atoms with E-state index in [2.05, 4.69) is 25.8 Å². The van der Waals surface area contributed by atoms with Gasteiger partial charge in [0.2, 0.25) is 5.91 Å². The van der Waals surface area contributed by atoms with E-state index in [0.717, 1.165) is 38.3 Å². The van der Waals surface area contributed by atoms with Crippen LogP contribution in [-0.4, -0.2) is 63.0 Å². The highest BCUT2D eigenvalue weighted by Gasteiger charge is 2.37. The fourth-order valence-corrected chi connectivity index (χ4v) is 5.33. The maximum absolute atomic E-state index is 13.1. The zero-order valence-corrected chi connectivity index (χ0v) is 16.8. The van der Waals surface area contributed by atoms with E-state index in [4.69, 9.17) is 0 Å². The summed E-state index contributed by atoms with van der Waals surface area (Å²) in [6.07, 6.45) is 9.43. The van der Waals surface area contributed by atoms with E-state index in [1.54, 1.807) is 12.4 Å². The zero-order valence-electron chi connectivity index (χ0n) is 16.8. The normalized spacial score (nSPS) is 24.8. The average Bonchev–Trinajstić information content (AvgIpc) is 3.13. The van der Waals surface area contributed by atoms with Gasteiger partial charge in [-0.1, -0.05) is 12.8 Å². The summed E-state index contributed by atoms with van der Waals surface area (Å²) in [5, 5.41) is 0. The van der Waals surface area contributed by atoms with Crippen LogP contribution in [0.3, 0.4) is 0 Å². The Morgan fingerprint density at radius 2 is 1.93 bits per heavy atom. The highest BCUT2D eigenvalue weighted by atomic mass is 16.2. The number of aromatic nitrogens is 3. The van der Waals surface area contributed by atoms with Gasteiger partial charge in [0.25, 0.3) is 5.56 Å². The summed E-state index contributed by atoms with van der Waals surface area (Å²) in [7, 11) is 0. The minimum atomic E-state index is 0.0245. The summed E-state index contributed by atoms with van der Waals surface area (Å²) >= 11 is 0. The molecule has 1 N–H and O–H groups in total. The van der Waals surface area contributed by atoms with Crippen LogP contribution in [-0.2, 0) is 11.3 Å². The highest BCUT2D eigenvalue weighted by molar-refractivity contribution is 5.78. The molecule has 154 valence electrons. The van der Waals surface area contributed by atoms with Crippen LogP contribution in [0.25, 0.3) is 11.4 Å². The number of amides is 1. The van der Waals surface area contributed by atoms with Gasteiger partial charge in [-0.3, -0.25) is 14.5 Å². The first-order chi connectivity index (χ1) is 14.2. The van der Waals surface area contributed by atoms with E-state index >= 15 is 0 Å². The van der Waals surface area contributed by atoms with Crippen LogP contribution >= 0.6 is 0 Å². The molecule has 29 heavy (non-hydrogen) atoms. The molecule has 7 heteroatoms. The number of pyridine rings is 1. The maximum Gasteiger partial charge on any atom is 0.261 e. The molecule has 2 atom stereocenters. The fraction of sp³-hybridized carbons (Fsp3) is 0.591. The fourth-order valence-electron chi connectivity index (χ4n) is 5.33. The Balaban J connectivity index is 1.34. The predicted molar refractivity (Wildman–Crippen MR) is 111 cm³/mol. The number of rotatable bonds is 3. The van der Waals surface area contributed by atoms with Crippen LogP contribution < -0.4 is 5.56 Å². The summed E-state index contributed by atoms with van der Waals surface area (Å²) in [5.41, 5.74) is 1.71. The van der Waals surface area contributed by atoms with E-state index in [-0.39, 0.29) is 17.4 Å². The Hall–Kier alpha value is -2.41. The number of carbonyl (C=O) groups is 1. The highest BCUT2D eigenvalue weighted by Crippen LogP contribution is 2.35. The van der Waals surface area contributed by atoms with Crippen molar-refractivity contribution in [3.8, 4) is 11.4 Å². The molecule has 0 spiro atoms. The van der Waals surface area contributed by atoms with E-state index in [1.807, 2.05) is 10.6 Å². The van der Waals surface area contributed by atoms with Gasteiger partial charge in [-0.15, -0.1) is 0 Å². The number of hydrogen-bond donors (Lipinski definition) is 1. The number of piperidine rings is 1. The second kappa shape index (κ2) is 7.78. The summed E-state index contributed by atoms with van der Waals surface area (Å²) in [4.78, 5) is 37.7. The van der Waals surface area contributed by atoms with Crippen molar-refractivity contribution >= 4 is 5.91 Å². The first kappa shape index (κ1) is 18.6. The average molecular weight is 396 g/mol.